The first-order valence-corrected chi connectivity index (χ1v) is 23.9. The molecule has 0 radical (unpaired) electrons. The SMILES string of the molecule is CC(C)OC(=O)c1cc(-n2c(=O)cc(C(F)(F)F)n(C)c2=O)ccc1Cl.CCNc1nc(Cl)nc(NC(C)C)n1.CCc1cccc(C)c1N(C(=O)CCl)C(C)COC.O=C(O)CNCP(=O)(O)O. The Bertz CT molecular complexity index is 2510. The largest absolute Gasteiger partial charge is 0.480 e. The number of amides is 1. The van der Waals surface area contributed by atoms with Crippen molar-refractivity contribution >= 4 is 77.8 Å². The van der Waals surface area contributed by atoms with Gasteiger partial charge in [-0.2, -0.15) is 28.1 Å². The number of nitrogens with zero attached hydrogens (tertiary/aromatic N) is 6. The van der Waals surface area contributed by atoms with Crippen LogP contribution in [0.3, 0.4) is 0 Å². The maximum absolute atomic E-state index is 12.9. The van der Waals surface area contributed by atoms with Crippen molar-refractivity contribution < 1.29 is 56.5 Å². The van der Waals surface area contributed by atoms with Crippen molar-refractivity contribution in [3.8, 4) is 5.69 Å². The van der Waals surface area contributed by atoms with Crippen LogP contribution in [0.1, 0.15) is 75.6 Å². The zero-order chi connectivity index (χ0) is 53.0. The van der Waals surface area contributed by atoms with Crippen molar-refractivity contribution in [3.05, 3.63) is 96.0 Å². The van der Waals surface area contributed by atoms with Crippen LogP contribution in [0.2, 0.25) is 10.3 Å². The van der Waals surface area contributed by atoms with Gasteiger partial charge in [0.25, 0.3) is 5.56 Å². The van der Waals surface area contributed by atoms with Gasteiger partial charge in [0.15, 0.2) is 0 Å². The number of anilines is 3. The highest BCUT2D eigenvalue weighted by Crippen LogP contribution is 2.32. The number of halogens is 6. The van der Waals surface area contributed by atoms with Gasteiger partial charge < -0.3 is 39.9 Å². The lowest BCUT2D eigenvalue weighted by Crippen LogP contribution is -2.43. The van der Waals surface area contributed by atoms with Crippen molar-refractivity contribution in [3.63, 3.8) is 0 Å². The number of aromatic nitrogens is 5. The van der Waals surface area contributed by atoms with Crippen molar-refractivity contribution in [2.24, 2.45) is 7.05 Å². The molecule has 1 amide bonds. The molecule has 2 aromatic heterocycles. The number of para-hydroxylation sites is 1. The number of ether oxygens (including phenoxy) is 2. The number of aliphatic carboxylic acids is 1. The summed E-state index contributed by atoms with van der Waals surface area (Å²) >= 11 is 17.4. The first kappa shape index (κ1) is 61.9. The molecule has 0 saturated heterocycles. The maximum Gasteiger partial charge on any atom is 0.431 e. The molecule has 4 aromatic rings. The summed E-state index contributed by atoms with van der Waals surface area (Å²) in [7, 11) is -1.57. The Morgan fingerprint density at radius 3 is 2.10 bits per heavy atom. The maximum atomic E-state index is 12.9. The first-order chi connectivity index (χ1) is 32.0. The third kappa shape index (κ3) is 21.2. The minimum atomic E-state index is -4.86. The van der Waals surface area contributed by atoms with Crippen LogP contribution >= 0.6 is 42.4 Å². The lowest BCUT2D eigenvalue weighted by Gasteiger charge is -2.31. The van der Waals surface area contributed by atoms with E-state index in [0.717, 1.165) is 42.9 Å². The van der Waals surface area contributed by atoms with E-state index in [9.17, 15) is 41.7 Å². The lowest BCUT2D eigenvalue weighted by molar-refractivity contribution is -0.144. The molecule has 4 rings (SSSR count). The van der Waals surface area contributed by atoms with E-state index in [2.05, 4.69) is 43.9 Å². The molecular weight excluding hydrogens is 1000 g/mol. The second kappa shape index (κ2) is 29.1. The predicted molar refractivity (Wildman–Crippen MR) is 258 cm³/mol. The lowest BCUT2D eigenvalue weighted by atomic mass is 10.0. The molecule has 0 saturated carbocycles. The molecule has 1 unspecified atom stereocenters. The third-order valence-electron chi connectivity index (χ3n) is 8.51. The van der Waals surface area contributed by atoms with Crippen molar-refractivity contribution in [1.82, 2.24) is 29.4 Å². The van der Waals surface area contributed by atoms with Crippen LogP contribution in [-0.2, 0) is 43.3 Å². The first-order valence-electron chi connectivity index (χ1n) is 20.8. The van der Waals surface area contributed by atoms with E-state index in [-0.39, 0.29) is 45.4 Å². The minimum absolute atomic E-state index is 0.0104. The van der Waals surface area contributed by atoms with E-state index in [0.29, 0.717) is 33.7 Å². The Kier molecular flexibility index (Phi) is 26.1. The van der Waals surface area contributed by atoms with Gasteiger partial charge in [-0.15, -0.1) is 11.6 Å². The number of rotatable bonds is 17. The van der Waals surface area contributed by atoms with Gasteiger partial charge in [-0.1, -0.05) is 36.7 Å². The molecule has 2 aromatic carbocycles. The molecule has 0 bridgehead atoms. The number of carbonyl (C=O) groups is 3. The molecule has 27 heteroatoms. The van der Waals surface area contributed by atoms with Gasteiger partial charge in [-0.05, 0) is 95.8 Å². The van der Waals surface area contributed by atoms with Crippen LogP contribution in [0.15, 0.2) is 52.1 Å². The highest BCUT2D eigenvalue weighted by atomic mass is 35.5. The van der Waals surface area contributed by atoms with E-state index in [1.807, 2.05) is 46.8 Å². The summed E-state index contributed by atoms with van der Waals surface area (Å²) in [6.07, 6.45) is -5.02. The zero-order valence-electron chi connectivity index (χ0n) is 39.5. The molecule has 384 valence electrons. The number of aryl methyl sites for hydroxylation is 2. The molecule has 0 aliphatic rings. The van der Waals surface area contributed by atoms with Crippen LogP contribution in [0, 0.1) is 6.92 Å². The highest BCUT2D eigenvalue weighted by molar-refractivity contribution is 7.51. The molecule has 0 fully saturated rings. The molecule has 2 heterocycles. The number of nitrogens with one attached hydrogen (secondary N) is 3. The quantitative estimate of drug-likeness (QED) is 0.0374. The number of carboxylic acids is 1. The summed E-state index contributed by atoms with van der Waals surface area (Å²) in [5.74, 6) is -1.05. The van der Waals surface area contributed by atoms with Crippen LogP contribution in [-0.4, -0.2) is 114 Å². The van der Waals surface area contributed by atoms with Gasteiger partial charge in [0, 0.05) is 32.8 Å². The van der Waals surface area contributed by atoms with E-state index in [4.69, 9.17) is 59.2 Å². The molecule has 0 aliphatic heterocycles. The highest BCUT2D eigenvalue weighted by Gasteiger charge is 2.35. The summed E-state index contributed by atoms with van der Waals surface area (Å²) in [5, 5.41) is 16.3. The second-order valence-corrected chi connectivity index (χ2v) is 17.7. The number of alkyl halides is 4. The Hall–Kier alpha value is -5.13. The molecule has 1 atom stereocenters. The molecule has 69 heavy (non-hydrogen) atoms. The molecule has 0 aliphatic carbocycles. The average molecular weight is 1060 g/mol. The van der Waals surface area contributed by atoms with E-state index >= 15 is 0 Å². The van der Waals surface area contributed by atoms with Crippen molar-refractivity contribution in [1.29, 1.82) is 0 Å². The third-order valence-corrected chi connectivity index (χ3v) is 9.87. The topological polar surface area (TPSA) is 269 Å². The fourth-order valence-corrected chi connectivity index (χ4v) is 6.65. The number of methoxy groups -OCH3 is 1. The van der Waals surface area contributed by atoms with Gasteiger partial charge in [0.1, 0.15) is 11.6 Å². The average Bonchev–Trinajstić information content (AvgIpc) is 3.22. The fourth-order valence-electron chi connectivity index (χ4n) is 5.76. The number of hydrogen-bond acceptors (Lipinski definition) is 14. The van der Waals surface area contributed by atoms with Gasteiger partial charge in [-0.3, -0.25) is 28.8 Å². The van der Waals surface area contributed by atoms with Crippen LogP contribution in [0.25, 0.3) is 5.69 Å². The Balaban J connectivity index is 0.000000488. The van der Waals surface area contributed by atoms with E-state index in [1.54, 1.807) is 25.9 Å². The summed E-state index contributed by atoms with van der Waals surface area (Å²) < 4.78 is 59.8. The van der Waals surface area contributed by atoms with Gasteiger partial charge in [-0.25, -0.2) is 14.2 Å². The van der Waals surface area contributed by atoms with Crippen LogP contribution < -0.4 is 32.1 Å². The van der Waals surface area contributed by atoms with Crippen LogP contribution in [0.5, 0.6) is 0 Å². The summed E-state index contributed by atoms with van der Waals surface area (Å²) in [4.78, 5) is 88.5. The van der Waals surface area contributed by atoms with E-state index in [1.165, 1.54) is 12.1 Å². The Labute approximate surface area is 411 Å². The normalized spacial score (nSPS) is 11.5. The number of benzene rings is 2. The van der Waals surface area contributed by atoms with Gasteiger partial charge >= 0.3 is 31.4 Å². The molecular formula is C42H58Cl3F3N9O11P. The smallest absolute Gasteiger partial charge is 0.431 e. The summed E-state index contributed by atoms with van der Waals surface area (Å²) in [6.45, 7) is 16.1. The summed E-state index contributed by atoms with van der Waals surface area (Å²) in [5.41, 5.74) is -0.794. The van der Waals surface area contributed by atoms with Crippen molar-refractivity contribution in [2.45, 2.75) is 86.2 Å². The summed E-state index contributed by atoms with van der Waals surface area (Å²) in [6, 6.07) is 10.2. The predicted octanol–water partition coefficient (Wildman–Crippen LogP) is 6.51. The Morgan fingerprint density at radius 1 is 0.971 bits per heavy atom. The number of carbonyl (C=O) groups excluding carboxylic acids is 2. The van der Waals surface area contributed by atoms with E-state index < -0.39 is 61.6 Å². The monoisotopic (exact) mass is 1060 g/mol. The standard InChI is InChI=1S/C16H14ClF3N2O4.C15H22ClNO2.C8H14ClN5.C3H8NO5P/c1-8(2)26-14(24)10-6-9(4-5-11(10)17)22-13(23)7-12(16(18,19)20)21(3)15(22)25;1-5-13-8-6-7-11(2)15(13)17(14(18)9-16)12(3)10-19-4;1-4-10-7-12-6(9)13-8(14-7)11-5(2)3;5-3(6)1-4-2-10(7,8)9/h4-8H,1-3H3;6-8,12H,5,9-10H2,1-4H3;5H,4H2,1-3H3,(H2,10,11,12,13,14);4H,1-2H2,(H,5,6)(H2,7,8,9). The zero-order valence-corrected chi connectivity index (χ0v) is 42.7. The van der Waals surface area contributed by atoms with Gasteiger partial charge in [0.05, 0.1) is 53.5 Å². The molecule has 0 spiro atoms. The number of esters is 1. The van der Waals surface area contributed by atoms with Crippen LogP contribution in [0.4, 0.5) is 30.8 Å². The van der Waals surface area contributed by atoms with Crippen molar-refractivity contribution in [2.75, 3.05) is 54.5 Å². The minimum Gasteiger partial charge on any atom is -0.480 e. The molecule has 6 N–H and O–H groups in total. The second-order valence-electron chi connectivity index (χ2n) is 15.0. The number of hydrogen-bond donors (Lipinski definition) is 6. The number of carboxylic acid groups (broad SMARTS) is 1. The Morgan fingerprint density at radius 2 is 1.59 bits per heavy atom. The molecule has 20 nitrogen and oxygen atoms in total. The van der Waals surface area contributed by atoms with Gasteiger partial charge in [0.2, 0.25) is 23.1 Å². The fraction of sp³-hybridized carbons (Fsp3) is 0.476.